The summed E-state index contributed by atoms with van der Waals surface area (Å²) in [6, 6.07) is 0. The quantitative estimate of drug-likeness (QED) is 0.645. The summed E-state index contributed by atoms with van der Waals surface area (Å²) in [5.41, 5.74) is -11.6. The molecule has 3 nitrogen and oxygen atoms in total. The van der Waals surface area contributed by atoms with Crippen molar-refractivity contribution in [3.8, 4) is 0 Å². The van der Waals surface area contributed by atoms with E-state index in [1.54, 1.807) is 0 Å². The van der Waals surface area contributed by atoms with Gasteiger partial charge >= 0.3 is 24.7 Å². The molecule has 0 aliphatic rings. The van der Waals surface area contributed by atoms with Crippen LogP contribution in [0.1, 0.15) is 12.8 Å². The Morgan fingerprint density at radius 3 is 0.792 bits per heavy atom. The normalized spacial score (nSPS) is 16.0. The van der Waals surface area contributed by atoms with Crippen molar-refractivity contribution in [2.75, 3.05) is 0 Å². The highest BCUT2D eigenvalue weighted by Crippen LogP contribution is 2.49. The van der Waals surface area contributed by atoms with E-state index in [1.807, 2.05) is 0 Å². The highest BCUT2D eigenvalue weighted by atomic mass is 19.4. The van der Waals surface area contributed by atoms with E-state index in [2.05, 4.69) is 0 Å². The highest BCUT2D eigenvalue weighted by Gasteiger charge is 2.73. The van der Waals surface area contributed by atoms with Gasteiger partial charge in [0.05, 0.1) is 6.10 Å². The molecule has 0 saturated carbocycles. The van der Waals surface area contributed by atoms with Gasteiger partial charge in [-0.2, -0.15) is 52.7 Å². The molecular weight excluding hydrogens is 384 g/mol. The average Bonchev–Trinajstić information content (AvgIpc) is 2.21. The van der Waals surface area contributed by atoms with Crippen LogP contribution in [0.2, 0.25) is 0 Å². The van der Waals surface area contributed by atoms with Crippen molar-refractivity contribution in [2.45, 2.75) is 54.9 Å². The van der Waals surface area contributed by atoms with E-state index in [9.17, 15) is 52.7 Å². The van der Waals surface area contributed by atoms with E-state index in [0.29, 0.717) is 0 Å². The minimum absolute atomic E-state index is 3.01. The first kappa shape index (κ1) is 23.0. The zero-order chi connectivity index (χ0) is 20.0. The fourth-order valence-corrected chi connectivity index (χ4v) is 1.54. The smallest absolute Gasteiger partial charge is 0.393 e. The summed E-state index contributed by atoms with van der Waals surface area (Å²) >= 11 is 0. The zero-order valence-corrected chi connectivity index (χ0v) is 10.9. The van der Waals surface area contributed by atoms with E-state index >= 15 is 0 Å². The van der Waals surface area contributed by atoms with E-state index in [4.69, 9.17) is 15.3 Å². The molecule has 3 N–H and O–H groups in total. The Hall–Kier alpha value is -0.960. The highest BCUT2D eigenvalue weighted by molar-refractivity contribution is 5.00. The summed E-state index contributed by atoms with van der Waals surface area (Å²) in [6.07, 6.45) is -35.9. The van der Waals surface area contributed by atoms with Crippen LogP contribution in [0.3, 0.4) is 0 Å². The van der Waals surface area contributed by atoms with E-state index in [0.717, 1.165) is 0 Å². The molecule has 24 heavy (non-hydrogen) atoms. The molecule has 15 heteroatoms. The maximum atomic E-state index is 12.3. The third-order valence-electron chi connectivity index (χ3n) is 2.94. The second-order valence-electron chi connectivity index (χ2n) is 4.77. The Labute approximate surface area is 124 Å². The molecule has 0 aliphatic heterocycles. The zero-order valence-electron chi connectivity index (χ0n) is 10.9. The Kier molecular flexibility index (Phi) is 5.84. The van der Waals surface area contributed by atoms with Gasteiger partial charge in [-0.3, -0.25) is 0 Å². The van der Waals surface area contributed by atoms with Crippen molar-refractivity contribution < 1.29 is 68.0 Å². The predicted molar refractivity (Wildman–Crippen MR) is 49.4 cm³/mol. The minimum atomic E-state index is -6.57. The molecule has 0 fully saturated rings. The third-order valence-corrected chi connectivity index (χ3v) is 2.94. The van der Waals surface area contributed by atoms with Crippen LogP contribution >= 0.6 is 0 Å². The molecule has 0 amide bonds. The Bertz CT molecular complexity index is 363. The first-order valence-electron chi connectivity index (χ1n) is 5.50. The van der Waals surface area contributed by atoms with Gasteiger partial charge in [0.2, 0.25) is 0 Å². The maximum absolute atomic E-state index is 12.3. The lowest BCUT2D eigenvalue weighted by molar-refractivity contribution is -0.386. The van der Waals surface area contributed by atoms with Crippen LogP contribution in [-0.4, -0.2) is 57.3 Å². The van der Waals surface area contributed by atoms with E-state index < -0.39 is 54.9 Å². The summed E-state index contributed by atoms with van der Waals surface area (Å²) in [7, 11) is 0. The van der Waals surface area contributed by atoms with Gasteiger partial charge in [0.15, 0.2) is 0 Å². The van der Waals surface area contributed by atoms with Crippen LogP contribution in [-0.2, 0) is 0 Å². The molecule has 0 heterocycles. The molecule has 0 aromatic heterocycles. The molecule has 0 radical (unpaired) electrons. The van der Waals surface area contributed by atoms with E-state index in [1.165, 1.54) is 0 Å². The maximum Gasteiger partial charge on any atom is 0.426 e. The summed E-state index contributed by atoms with van der Waals surface area (Å²) in [4.78, 5) is 0. The molecule has 0 atom stereocenters. The largest absolute Gasteiger partial charge is 0.426 e. The molecule has 0 aliphatic carbocycles. The SMILES string of the molecule is OC(CC(O)(C(F)(F)F)C(F)(F)F)CC(O)(C(F)(F)F)C(F)(F)F. The number of rotatable bonds is 4. The van der Waals surface area contributed by atoms with Gasteiger partial charge in [0.1, 0.15) is 0 Å². The van der Waals surface area contributed by atoms with Crippen molar-refractivity contribution in [2.24, 2.45) is 0 Å². The molecule has 0 aromatic carbocycles. The van der Waals surface area contributed by atoms with Gasteiger partial charge in [0.25, 0.3) is 11.2 Å². The number of hydrogen-bond acceptors (Lipinski definition) is 3. The summed E-state index contributed by atoms with van der Waals surface area (Å²) < 4.78 is 147. The topological polar surface area (TPSA) is 60.7 Å². The molecule has 0 rings (SSSR count). The first-order valence-corrected chi connectivity index (χ1v) is 5.50. The van der Waals surface area contributed by atoms with Gasteiger partial charge in [-0.05, 0) is 0 Å². The minimum Gasteiger partial charge on any atom is -0.393 e. The predicted octanol–water partition coefficient (Wildman–Crippen LogP) is 2.84. The third kappa shape index (κ3) is 4.17. The van der Waals surface area contributed by atoms with Gasteiger partial charge in [-0.1, -0.05) is 0 Å². The van der Waals surface area contributed by atoms with Crippen molar-refractivity contribution in [3.05, 3.63) is 0 Å². The molecule has 0 unspecified atom stereocenters. The van der Waals surface area contributed by atoms with Crippen LogP contribution < -0.4 is 0 Å². The van der Waals surface area contributed by atoms with Gasteiger partial charge < -0.3 is 15.3 Å². The monoisotopic (exact) mass is 392 g/mol. The lowest BCUT2D eigenvalue weighted by Crippen LogP contribution is -2.61. The van der Waals surface area contributed by atoms with Gasteiger partial charge in [-0.25, -0.2) is 0 Å². The second-order valence-corrected chi connectivity index (χ2v) is 4.77. The van der Waals surface area contributed by atoms with Crippen LogP contribution in [0.25, 0.3) is 0 Å². The number of halogens is 12. The molecule has 0 spiro atoms. The van der Waals surface area contributed by atoms with Crippen molar-refractivity contribution in [3.63, 3.8) is 0 Å². The van der Waals surface area contributed by atoms with Crippen LogP contribution in [0, 0.1) is 0 Å². The van der Waals surface area contributed by atoms with Crippen molar-refractivity contribution in [1.82, 2.24) is 0 Å². The fraction of sp³-hybridized carbons (Fsp3) is 1.00. The van der Waals surface area contributed by atoms with Crippen molar-refractivity contribution in [1.29, 1.82) is 0 Å². The summed E-state index contributed by atoms with van der Waals surface area (Å²) in [5, 5.41) is 26.1. The molecule has 0 bridgehead atoms. The molecule has 0 aromatic rings. The van der Waals surface area contributed by atoms with Gasteiger partial charge in [-0.15, -0.1) is 0 Å². The molecular formula is C9H8F12O3. The van der Waals surface area contributed by atoms with Crippen LogP contribution in [0.5, 0.6) is 0 Å². The van der Waals surface area contributed by atoms with Crippen molar-refractivity contribution >= 4 is 0 Å². The second kappa shape index (κ2) is 6.09. The lowest BCUT2D eigenvalue weighted by atomic mass is 9.87. The van der Waals surface area contributed by atoms with Crippen LogP contribution in [0.15, 0.2) is 0 Å². The standard InChI is InChI=1S/C9H8F12O3/c10-6(11,12)4(23,7(13,14)15)1-3(22)2-5(24,8(16,17)18)9(19,20)21/h3,22-24H,1-2H2. The number of aliphatic hydroxyl groups excluding tert-OH is 1. The molecule has 0 saturated heterocycles. The van der Waals surface area contributed by atoms with E-state index in [-0.39, 0.29) is 0 Å². The number of hydrogen-bond donors (Lipinski definition) is 3. The Morgan fingerprint density at radius 1 is 0.500 bits per heavy atom. The fourth-order valence-electron chi connectivity index (χ4n) is 1.54. The average molecular weight is 392 g/mol. The first-order chi connectivity index (χ1) is 10.1. The number of alkyl halides is 12. The summed E-state index contributed by atoms with van der Waals surface area (Å²) in [6.45, 7) is 0. The number of aliphatic hydroxyl groups is 3. The Morgan fingerprint density at radius 2 is 0.667 bits per heavy atom. The van der Waals surface area contributed by atoms with Gasteiger partial charge in [0, 0.05) is 12.8 Å². The lowest BCUT2D eigenvalue weighted by Gasteiger charge is -2.37. The molecule has 146 valence electrons. The summed E-state index contributed by atoms with van der Waals surface area (Å²) in [5.74, 6) is 0. The van der Waals surface area contributed by atoms with Crippen LogP contribution in [0.4, 0.5) is 52.7 Å². The Balaban J connectivity index is 5.69.